The lowest BCUT2D eigenvalue weighted by molar-refractivity contribution is -0.274. The van der Waals surface area contributed by atoms with Gasteiger partial charge in [-0.3, -0.25) is 4.79 Å². The number of aliphatic hydroxyl groups excluding tert-OH is 2. The monoisotopic (exact) mass is 904 g/mol. The normalized spacial score (nSPS) is 23.4. The minimum absolute atomic E-state index is 0.0789. The molecule has 12 heteroatoms. The van der Waals surface area contributed by atoms with Gasteiger partial charge in [-0.05, 0) is 101 Å². The Morgan fingerprint density at radius 3 is 2.00 bits per heavy atom. The van der Waals surface area contributed by atoms with E-state index in [0.717, 1.165) is 107 Å². The van der Waals surface area contributed by atoms with Gasteiger partial charge in [-0.1, -0.05) is 93.4 Å². The Labute approximate surface area is 391 Å². The summed E-state index contributed by atoms with van der Waals surface area (Å²) >= 11 is 0. The van der Waals surface area contributed by atoms with Gasteiger partial charge in [-0.25, -0.2) is 0 Å². The van der Waals surface area contributed by atoms with Gasteiger partial charge in [0.05, 0.1) is 12.2 Å². The topological polar surface area (TPSA) is 137 Å². The van der Waals surface area contributed by atoms with Crippen LogP contribution in [0.1, 0.15) is 148 Å². The van der Waals surface area contributed by atoms with E-state index in [4.69, 9.17) is 18.9 Å². The van der Waals surface area contributed by atoms with E-state index in [1.807, 2.05) is 0 Å². The fourth-order valence-electron chi connectivity index (χ4n) is 9.57. The zero-order valence-corrected chi connectivity index (χ0v) is 42.9. The summed E-state index contributed by atoms with van der Waals surface area (Å²) in [5.41, 5.74) is 4.90. The van der Waals surface area contributed by atoms with Gasteiger partial charge in [0, 0.05) is 83.9 Å². The molecular weight excluding hydrogens is 807 g/mol. The van der Waals surface area contributed by atoms with Crippen molar-refractivity contribution in [2.24, 2.45) is 23.7 Å². The molecule has 0 saturated carbocycles. The highest BCUT2D eigenvalue weighted by Crippen LogP contribution is 2.45. The van der Waals surface area contributed by atoms with E-state index in [0.29, 0.717) is 19.6 Å². The number of nitrogens with one attached hydrogen (secondary N) is 3. The second kappa shape index (κ2) is 29.7. The van der Waals surface area contributed by atoms with Crippen LogP contribution in [-0.2, 0) is 20.7 Å². The molecule has 0 radical (unpaired) electrons. The summed E-state index contributed by atoms with van der Waals surface area (Å²) in [7, 11) is 1.43. The lowest BCUT2D eigenvalue weighted by Crippen LogP contribution is -2.56. The van der Waals surface area contributed by atoms with Crippen molar-refractivity contribution in [3.8, 4) is 11.5 Å². The third-order valence-electron chi connectivity index (χ3n) is 14.5. The van der Waals surface area contributed by atoms with E-state index in [1.165, 1.54) is 80.7 Å². The predicted octanol–water partition coefficient (Wildman–Crippen LogP) is 7.57. The molecule has 2 heterocycles. The summed E-state index contributed by atoms with van der Waals surface area (Å²) < 4.78 is 24.3. The molecule has 0 spiro atoms. The Morgan fingerprint density at radius 1 is 0.812 bits per heavy atom. The first kappa shape index (κ1) is 56.3. The summed E-state index contributed by atoms with van der Waals surface area (Å²) in [6.07, 6.45) is 10.9. The molecular formula is C52H97N5O7. The molecule has 8 atom stereocenters. The Hall–Kier alpha value is -2.03. The van der Waals surface area contributed by atoms with Gasteiger partial charge in [0.15, 0.2) is 6.29 Å². The van der Waals surface area contributed by atoms with Crippen molar-refractivity contribution in [1.29, 1.82) is 0 Å². The number of carbonyl (C=O) groups is 1. The van der Waals surface area contributed by atoms with Crippen LogP contribution in [0.4, 0.5) is 0 Å². The van der Waals surface area contributed by atoms with Gasteiger partial charge in [0.25, 0.3) is 0 Å². The first-order valence-corrected chi connectivity index (χ1v) is 25.7. The summed E-state index contributed by atoms with van der Waals surface area (Å²) in [6, 6.07) is 0. The lowest BCUT2D eigenvalue weighted by atomic mass is 9.83. The molecule has 12 nitrogen and oxygen atoms in total. The van der Waals surface area contributed by atoms with E-state index >= 15 is 0 Å². The standard InChI is InChI=1S/C52H97N5O7/c1-13-56(31-28-53-27-24-46(58)55-36-45-43(10)47(59)48(60)51(61-12)63-45)33-34-57(14-2)32-29-54-30-35-62-49-40(7)41(8)50-44(42(49)9)23-26-52(11,64-50)25-17-22-39(6)21-16-20-38(5)19-15-18-37(3)4/h37-39,43,45,47-48,51,53-54,59-60H,13-36H2,1-12H3,(H,55,58)/t38-,39-,43+,45?,47+,48+,51?,52-/m1/s1. The van der Waals surface area contributed by atoms with Gasteiger partial charge in [0.1, 0.15) is 29.8 Å². The molecule has 5 N–H and O–H groups in total. The first-order chi connectivity index (χ1) is 30.5. The van der Waals surface area contributed by atoms with E-state index in [9.17, 15) is 15.0 Å². The van der Waals surface area contributed by atoms with Crippen LogP contribution in [0.2, 0.25) is 0 Å². The van der Waals surface area contributed by atoms with Crippen LogP contribution in [0, 0.1) is 44.4 Å². The number of fused-ring (bicyclic) bond motifs is 1. The Morgan fingerprint density at radius 2 is 1.41 bits per heavy atom. The maximum Gasteiger partial charge on any atom is 0.221 e. The molecule has 1 saturated heterocycles. The fraction of sp³-hybridized carbons (Fsp3) is 0.865. The SMILES string of the molecule is CCN(CCNCCOc1c(C)c(C)c2c(c1C)CC[C@@](C)(CCC[C@H](C)CCC[C@H](C)CCCC(C)C)O2)CCN(CC)CCNCCC(=O)NCC1OC(OC)[C@@H](O)[C@@H](O)[C@H]1C. The minimum atomic E-state index is -1.11. The molecule has 1 aromatic carbocycles. The maximum atomic E-state index is 12.5. The molecule has 1 aromatic rings. The molecule has 2 aliphatic rings. The molecule has 3 rings (SSSR count). The highest BCUT2D eigenvalue weighted by atomic mass is 16.7. The fourth-order valence-corrected chi connectivity index (χ4v) is 9.57. The Balaban J connectivity index is 1.29. The molecule has 0 aromatic heterocycles. The number of likely N-dealkylation sites (N-methyl/N-ethyl adjacent to an activating group) is 2. The first-order valence-electron chi connectivity index (χ1n) is 25.7. The summed E-state index contributed by atoms with van der Waals surface area (Å²) in [6.45, 7) is 34.6. The summed E-state index contributed by atoms with van der Waals surface area (Å²) in [5.74, 6) is 4.21. The largest absolute Gasteiger partial charge is 0.492 e. The number of nitrogens with zero attached hydrogens (tertiary/aromatic N) is 2. The molecule has 2 aliphatic heterocycles. The van der Waals surface area contributed by atoms with Gasteiger partial charge in [-0.15, -0.1) is 0 Å². The predicted molar refractivity (Wildman–Crippen MR) is 263 cm³/mol. The average Bonchev–Trinajstić information content (AvgIpc) is 3.26. The number of aliphatic hydroxyl groups is 2. The number of ether oxygens (including phenoxy) is 4. The number of carbonyl (C=O) groups excluding carboxylic acids is 1. The van der Waals surface area contributed by atoms with E-state index in [2.05, 4.69) is 95.0 Å². The average molecular weight is 904 g/mol. The van der Waals surface area contributed by atoms with Crippen molar-refractivity contribution in [2.45, 2.75) is 183 Å². The van der Waals surface area contributed by atoms with Crippen molar-refractivity contribution < 1.29 is 34.0 Å². The van der Waals surface area contributed by atoms with Gasteiger partial charge in [0.2, 0.25) is 5.91 Å². The van der Waals surface area contributed by atoms with Crippen LogP contribution in [0.25, 0.3) is 0 Å². The molecule has 2 unspecified atom stereocenters. The number of methoxy groups -OCH3 is 1. The third-order valence-corrected chi connectivity index (χ3v) is 14.5. The lowest BCUT2D eigenvalue weighted by Gasteiger charge is -2.40. The van der Waals surface area contributed by atoms with E-state index in [1.54, 1.807) is 6.92 Å². The van der Waals surface area contributed by atoms with E-state index < -0.39 is 24.6 Å². The van der Waals surface area contributed by atoms with E-state index in [-0.39, 0.29) is 24.0 Å². The van der Waals surface area contributed by atoms with Crippen molar-refractivity contribution >= 4 is 5.91 Å². The molecule has 0 bridgehead atoms. The minimum Gasteiger partial charge on any atom is -0.492 e. The molecule has 64 heavy (non-hydrogen) atoms. The third kappa shape index (κ3) is 18.9. The van der Waals surface area contributed by atoms with Crippen LogP contribution < -0.4 is 25.4 Å². The van der Waals surface area contributed by atoms with Gasteiger partial charge >= 0.3 is 0 Å². The van der Waals surface area contributed by atoms with Crippen LogP contribution >= 0.6 is 0 Å². The van der Waals surface area contributed by atoms with Crippen LogP contribution in [-0.4, -0.2) is 142 Å². The molecule has 372 valence electrons. The number of amides is 1. The zero-order valence-electron chi connectivity index (χ0n) is 42.9. The van der Waals surface area contributed by atoms with Crippen LogP contribution in [0.15, 0.2) is 0 Å². The second-order valence-electron chi connectivity index (χ2n) is 20.3. The van der Waals surface area contributed by atoms with Crippen molar-refractivity contribution in [3.05, 3.63) is 22.3 Å². The van der Waals surface area contributed by atoms with Crippen molar-refractivity contribution in [2.75, 3.05) is 85.7 Å². The van der Waals surface area contributed by atoms with Crippen LogP contribution in [0.3, 0.4) is 0 Å². The highest BCUT2D eigenvalue weighted by molar-refractivity contribution is 5.76. The van der Waals surface area contributed by atoms with Crippen molar-refractivity contribution in [1.82, 2.24) is 25.8 Å². The smallest absolute Gasteiger partial charge is 0.221 e. The Bertz CT molecular complexity index is 1460. The number of hydrogen-bond donors (Lipinski definition) is 5. The molecule has 1 amide bonds. The molecule has 1 fully saturated rings. The number of rotatable bonds is 33. The zero-order chi connectivity index (χ0) is 47.2. The maximum absolute atomic E-state index is 12.5. The quantitative estimate of drug-likeness (QED) is 0.0447. The summed E-state index contributed by atoms with van der Waals surface area (Å²) in [4.78, 5) is 17.4. The number of benzene rings is 1. The van der Waals surface area contributed by atoms with Gasteiger partial charge < -0.3 is 54.9 Å². The van der Waals surface area contributed by atoms with Crippen LogP contribution in [0.5, 0.6) is 11.5 Å². The number of hydrogen-bond acceptors (Lipinski definition) is 11. The summed E-state index contributed by atoms with van der Waals surface area (Å²) in [5, 5.41) is 30.3. The highest BCUT2D eigenvalue weighted by Gasteiger charge is 2.42. The van der Waals surface area contributed by atoms with Crippen molar-refractivity contribution in [3.63, 3.8) is 0 Å². The van der Waals surface area contributed by atoms with Gasteiger partial charge in [-0.2, -0.15) is 0 Å². The second-order valence-corrected chi connectivity index (χ2v) is 20.3. The Kier molecular flexibility index (Phi) is 26.1. The molecule has 0 aliphatic carbocycles.